The summed E-state index contributed by atoms with van der Waals surface area (Å²) in [5.41, 5.74) is 0. The van der Waals surface area contributed by atoms with Crippen molar-refractivity contribution in [3.05, 3.63) is 11.6 Å². The molecule has 7 nitrogen and oxygen atoms in total. The van der Waals surface area contributed by atoms with Gasteiger partial charge in [-0.25, -0.2) is 4.98 Å². The average Bonchev–Trinajstić information content (AvgIpc) is 2.88. The Kier molecular flexibility index (Phi) is 5.52. The van der Waals surface area contributed by atoms with E-state index in [1.165, 1.54) is 15.7 Å². The number of aromatic nitrogens is 1. The van der Waals surface area contributed by atoms with Crippen LogP contribution in [0.2, 0.25) is 0 Å². The zero-order valence-corrected chi connectivity index (χ0v) is 13.6. The average molecular weight is 329 g/mol. The minimum absolute atomic E-state index is 0.203. The molecule has 0 bridgehead atoms. The van der Waals surface area contributed by atoms with Crippen molar-refractivity contribution >= 4 is 26.7 Å². The lowest BCUT2D eigenvalue weighted by molar-refractivity contribution is 0.373. The highest BCUT2D eigenvalue weighted by molar-refractivity contribution is 7.86. The van der Waals surface area contributed by atoms with Gasteiger partial charge in [0.05, 0.1) is 6.07 Å². The van der Waals surface area contributed by atoms with Crippen LogP contribution in [-0.2, 0) is 10.2 Å². The standard InChI is InChI=1S/C12H19N5O2S2/c1-15(6-2-4-13)21(18,19)17-8-3-7-16(9-10-17)12-14-5-11-20-12/h5,11H,2-3,6-10H2,1H3. The molecule has 0 unspecified atom stereocenters. The molecule has 9 heteroatoms. The Hall–Kier alpha value is -1.21. The number of nitrogens with zero attached hydrogens (tertiary/aromatic N) is 5. The van der Waals surface area contributed by atoms with E-state index in [0.29, 0.717) is 19.6 Å². The molecule has 0 aliphatic carbocycles. The summed E-state index contributed by atoms with van der Waals surface area (Å²) in [4.78, 5) is 6.39. The van der Waals surface area contributed by atoms with Crippen molar-refractivity contribution in [3.63, 3.8) is 0 Å². The Morgan fingerprint density at radius 3 is 2.90 bits per heavy atom. The molecule has 21 heavy (non-hydrogen) atoms. The highest BCUT2D eigenvalue weighted by Crippen LogP contribution is 2.20. The molecule has 0 N–H and O–H groups in total. The minimum atomic E-state index is -3.48. The van der Waals surface area contributed by atoms with E-state index < -0.39 is 10.2 Å². The molecule has 1 saturated heterocycles. The summed E-state index contributed by atoms with van der Waals surface area (Å²) in [7, 11) is -1.95. The van der Waals surface area contributed by atoms with Crippen LogP contribution in [0.1, 0.15) is 12.8 Å². The molecule has 0 amide bonds. The summed E-state index contributed by atoms with van der Waals surface area (Å²) < 4.78 is 27.7. The van der Waals surface area contributed by atoms with Gasteiger partial charge < -0.3 is 4.90 Å². The van der Waals surface area contributed by atoms with Gasteiger partial charge in [-0.05, 0) is 6.42 Å². The first-order valence-corrected chi connectivity index (χ1v) is 9.06. The van der Waals surface area contributed by atoms with Gasteiger partial charge in [0.2, 0.25) is 0 Å². The number of hydrogen-bond donors (Lipinski definition) is 0. The SMILES string of the molecule is CN(CCC#N)S(=O)(=O)N1CCCN(c2nccs2)CC1. The van der Waals surface area contributed by atoms with Crippen LogP contribution < -0.4 is 4.90 Å². The van der Waals surface area contributed by atoms with E-state index in [2.05, 4.69) is 9.88 Å². The van der Waals surface area contributed by atoms with Gasteiger partial charge in [-0.1, -0.05) is 0 Å². The van der Waals surface area contributed by atoms with E-state index in [4.69, 9.17) is 5.26 Å². The number of rotatable bonds is 5. The van der Waals surface area contributed by atoms with Gasteiger partial charge in [0.1, 0.15) is 0 Å². The Bertz CT molecular complexity index is 581. The van der Waals surface area contributed by atoms with Gasteiger partial charge in [-0.2, -0.15) is 22.3 Å². The van der Waals surface area contributed by atoms with E-state index in [-0.39, 0.29) is 13.0 Å². The number of thiazole rings is 1. The van der Waals surface area contributed by atoms with Crippen molar-refractivity contribution in [2.24, 2.45) is 0 Å². The predicted octanol–water partition coefficient (Wildman–Crippen LogP) is 0.745. The molecule has 2 heterocycles. The summed E-state index contributed by atoms with van der Waals surface area (Å²) in [6, 6.07) is 1.97. The summed E-state index contributed by atoms with van der Waals surface area (Å²) in [6.07, 6.45) is 2.73. The van der Waals surface area contributed by atoms with Crippen LogP contribution in [-0.4, -0.2) is 61.8 Å². The van der Waals surface area contributed by atoms with Crippen molar-refractivity contribution in [2.45, 2.75) is 12.8 Å². The third kappa shape index (κ3) is 3.91. The highest BCUT2D eigenvalue weighted by atomic mass is 32.2. The van der Waals surface area contributed by atoms with Crippen molar-refractivity contribution in [1.29, 1.82) is 5.26 Å². The highest BCUT2D eigenvalue weighted by Gasteiger charge is 2.29. The van der Waals surface area contributed by atoms with Crippen molar-refractivity contribution < 1.29 is 8.42 Å². The second kappa shape index (κ2) is 7.17. The van der Waals surface area contributed by atoms with Gasteiger partial charge in [-0.15, -0.1) is 11.3 Å². The lowest BCUT2D eigenvalue weighted by atomic mass is 10.4. The van der Waals surface area contributed by atoms with E-state index in [0.717, 1.165) is 18.1 Å². The van der Waals surface area contributed by atoms with Crippen LogP contribution in [0.3, 0.4) is 0 Å². The van der Waals surface area contributed by atoms with E-state index in [1.54, 1.807) is 17.5 Å². The molecule has 0 atom stereocenters. The molecule has 1 aromatic rings. The van der Waals surface area contributed by atoms with E-state index >= 15 is 0 Å². The van der Waals surface area contributed by atoms with Crippen LogP contribution in [0.25, 0.3) is 0 Å². The monoisotopic (exact) mass is 329 g/mol. The number of nitriles is 1. The molecule has 1 aliphatic rings. The van der Waals surface area contributed by atoms with Gasteiger partial charge in [-0.3, -0.25) is 0 Å². The second-order valence-corrected chi connectivity index (χ2v) is 7.70. The molecule has 0 saturated carbocycles. The van der Waals surface area contributed by atoms with E-state index in [1.807, 2.05) is 11.4 Å². The quantitative estimate of drug-likeness (QED) is 0.796. The minimum Gasteiger partial charge on any atom is -0.347 e. The Morgan fingerprint density at radius 1 is 1.43 bits per heavy atom. The van der Waals surface area contributed by atoms with Crippen molar-refractivity contribution in [1.82, 2.24) is 13.6 Å². The summed E-state index contributed by atoms with van der Waals surface area (Å²) in [5.74, 6) is 0. The topological polar surface area (TPSA) is 80.5 Å². The largest absolute Gasteiger partial charge is 0.347 e. The lowest BCUT2D eigenvalue weighted by Crippen LogP contribution is -2.44. The number of hydrogen-bond acceptors (Lipinski definition) is 6. The molecule has 0 spiro atoms. The maximum Gasteiger partial charge on any atom is 0.281 e. The molecule has 0 radical (unpaired) electrons. The van der Waals surface area contributed by atoms with Crippen LogP contribution in [0.4, 0.5) is 5.13 Å². The molecule has 1 aromatic heterocycles. The summed E-state index contributed by atoms with van der Waals surface area (Å²) in [6.45, 7) is 2.62. The number of anilines is 1. The zero-order chi connectivity index (χ0) is 15.3. The first-order valence-electron chi connectivity index (χ1n) is 6.78. The summed E-state index contributed by atoms with van der Waals surface area (Å²) in [5, 5.41) is 11.4. The predicted molar refractivity (Wildman–Crippen MR) is 82.3 cm³/mol. The van der Waals surface area contributed by atoms with Crippen LogP contribution in [0.5, 0.6) is 0 Å². The third-order valence-electron chi connectivity index (χ3n) is 3.40. The van der Waals surface area contributed by atoms with Gasteiger partial charge in [0.25, 0.3) is 10.2 Å². The fourth-order valence-electron chi connectivity index (χ4n) is 2.21. The first-order chi connectivity index (χ1) is 10.1. The third-order valence-corrected chi connectivity index (χ3v) is 6.22. The lowest BCUT2D eigenvalue weighted by Gasteiger charge is -2.26. The molecular weight excluding hydrogens is 310 g/mol. The molecule has 0 aromatic carbocycles. The maximum absolute atomic E-state index is 12.4. The van der Waals surface area contributed by atoms with Gasteiger partial charge in [0.15, 0.2) is 5.13 Å². The molecule has 1 aliphatic heterocycles. The normalized spacial score (nSPS) is 17.7. The smallest absolute Gasteiger partial charge is 0.281 e. The molecular formula is C12H19N5O2S2. The van der Waals surface area contributed by atoms with E-state index in [9.17, 15) is 8.42 Å². The van der Waals surface area contributed by atoms with Gasteiger partial charge >= 0.3 is 0 Å². The Labute approximate surface area is 129 Å². The fourth-order valence-corrected chi connectivity index (χ4v) is 4.29. The van der Waals surface area contributed by atoms with Gasteiger partial charge in [0, 0.05) is 57.8 Å². The summed E-state index contributed by atoms with van der Waals surface area (Å²) >= 11 is 1.57. The van der Waals surface area contributed by atoms with Crippen molar-refractivity contribution in [3.8, 4) is 6.07 Å². The molecule has 116 valence electrons. The van der Waals surface area contributed by atoms with Crippen LogP contribution >= 0.6 is 11.3 Å². The Balaban J connectivity index is 2.00. The zero-order valence-electron chi connectivity index (χ0n) is 12.0. The molecule has 1 fully saturated rings. The van der Waals surface area contributed by atoms with Crippen LogP contribution in [0.15, 0.2) is 11.6 Å². The maximum atomic E-state index is 12.4. The van der Waals surface area contributed by atoms with Crippen molar-refractivity contribution in [2.75, 3.05) is 44.7 Å². The Morgan fingerprint density at radius 2 is 2.24 bits per heavy atom. The first kappa shape index (κ1) is 16.2. The second-order valence-electron chi connectivity index (χ2n) is 4.79. The van der Waals surface area contributed by atoms with Crippen LogP contribution in [0, 0.1) is 11.3 Å². The fraction of sp³-hybridized carbons (Fsp3) is 0.667. The molecule has 2 rings (SSSR count).